The largest absolute Gasteiger partial charge is 0.472 e. The molecule has 0 spiro atoms. The van der Waals surface area contributed by atoms with Crippen LogP contribution in [0.15, 0.2) is 0 Å². The molecular weight excluding hydrogens is 1290 g/mol. The molecule has 3 N–H and O–H groups in total. The van der Waals surface area contributed by atoms with Gasteiger partial charge in [-0.1, -0.05) is 369 Å². The average Bonchev–Trinajstić information content (AvgIpc) is 0.963. The number of ether oxygens (including phenoxy) is 4. The SMILES string of the molecule is CCCCCCCCCCCCCCCCCCCCCC(=O)O[C@H](COC(=O)CCCCCCCCCCCCCCCCC(C)C)COP(=O)(O)OC[C@@H](O)COP(=O)(O)OC[C@@H](COC(=O)CCCCCCCCCC(C)C)OC(=O)CCCCCCCCCCCCCCC. The third-order valence-electron chi connectivity index (χ3n) is 18.7. The second-order valence-electron chi connectivity index (χ2n) is 29.8. The van der Waals surface area contributed by atoms with Crippen LogP contribution >= 0.6 is 15.6 Å². The van der Waals surface area contributed by atoms with E-state index in [1.165, 1.54) is 231 Å². The molecule has 0 aliphatic heterocycles. The molecule has 0 saturated carbocycles. The van der Waals surface area contributed by atoms with Crippen LogP contribution in [0, 0.1) is 11.8 Å². The van der Waals surface area contributed by atoms with Crippen molar-refractivity contribution in [1.29, 1.82) is 0 Å². The first-order valence-electron chi connectivity index (χ1n) is 41.5. The summed E-state index contributed by atoms with van der Waals surface area (Å²) in [5.74, 6) is -0.605. The number of carbonyl (C=O) groups is 4. The van der Waals surface area contributed by atoms with E-state index in [0.29, 0.717) is 31.6 Å². The Morgan fingerprint density at radius 2 is 0.465 bits per heavy atom. The standard InChI is InChI=1S/C80H156O17P2/c1-7-9-11-13-15-17-19-21-22-23-24-25-26-32-36-40-46-53-59-65-80(85)96-75(68-90-77(82)62-56-50-44-38-34-31-28-27-30-33-37-42-48-54-60-72(3)4)70-94-98(86,87)92-66-74(81)67-93-99(88,89)95-71-76(69-91-78(83)63-57-51-47-41-43-49-55-61-73(5)6)97-79(84)64-58-52-45-39-35-29-20-18-16-14-12-10-8-2/h72-76,81H,7-71H2,1-6H3,(H,86,87)(H,88,89)/t74-,75-,76-/m1/s1. The van der Waals surface area contributed by atoms with Gasteiger partial charge in [-0.2, -0.15) is 0 Å². The van der Waals surface area contributed by atoms with Crippen LogP contribution in [0.25, 0.3) is 0 Å². The monoisotopic (exact) mass is 1450 g/mol. The highest BCUT2D eigenvalue weighted by molar-refractivity contribution is 7.47. The molecule has 0 aromatic carbocycles. The van der Waals surface area contributed by atoms with Gasteiger partial charge in [-0.05, 0) is 37.5 Å². The molecule has 2 unspecified atom stereocenters. The van der Waals surface area contributed by atoms with E-state index in [1.807, 2.05) is 0 Å². The maximum absolute atomic E-state index is 13.1. The fourth-order valence-corrected chi connectivity index (χ4v) is 13.9. The molecular formula is C80H156O17P2. The Hall–Kier alpha value is -1.94. The van der Waals surface area contributed by atoms with Crippen LogP contribution in [0.3, 0.4) is 0 Å². The van der Waals surface area contributed by atoms with Crippen LogP contribution in [-0.4, -0.2) is 96.7 Å². The molecule has 0 rings (SSSR count). The van der Waals surface area contributed by atoms with Gasteiger partial charge in [0, 0.05) is 25.7 Å². The Labute approximate surface area is 607 Å². The number of phosphoric ester groups is 2. The number of phosphoric acid groups is 2. The summed E-state index contributed by atoms with van der Waals surface area (Å²) in [6, 6.07) is 0. The number of carbonyl (C=O) groups excluding carboxylic acids is 4. The van der Waals surface area contributed by atoms with Crippen LogP contribution in [0.1, 0.15) is 420 Å². The van der Waals surface area contributed by atoms with E-state index in [0.717, 1.165) is 102 Å². The summed E-state index contributed by atoms with van der Waals surface area (Å²) < 4.78 is 68.7. The van der Waals surface area contributed by atoms with Gasteiger partial charge >= 0.3 is 39.5 Å². The van der Waals surface area contributed by atoms with E-state index in [4.69, 9.17) is 37.0 Å². The number of unbranched alkanes of at least 4 members (excludes halogenated alkanes) is 49. The molecule has 5 atom stereocenters. The van der Waals surface area contributed by atoms with Crippen LogP contribution in [0.2, 0.25) is 0 Å². The lowest BCUT2D eigenvalue weighted by Gasteiger charge is -2.21. The van der Waals surface area contributed by atoms with Gasteiger partial charge in [0.05, 0.1) is 26.4 Å². The van der Waals surface area contributed by atoms with Crippen molar-refractivity contribution in [2.24, 2.45) is 11.8 Å². The Bertz CT molecular complexity index is 1910. The number of hydrogen-bond donors (Lipinski definition) is 3. The maximum atomic E-state index is 13.1. The first-order chi connectivity index (χ1) is 47.9. The number of aliphatic hydroxyl groups excluding tert-OH is 1. The summed E-state index contributed by atoms with van der Waals surface area (Å²) in [5, 5.41) is 10.6. The first kappa shape index (κ1) is 97.1. The molecule has 17 nitrogen and oxygen atoms in total. The third kappa shape index (κ3) is 74.1. The van der Waals surface area contributed by atoms with Crippen LogP contribution in [0.5, 0.6) is 0 Å². The summed E-state index contributed by atoms with van der Waals surface area (Å²) in [6.45, 7) is 9.60. The molecule has 0 amide bonds. The minimum absolute atomic E-state index is 0.107. The lowest BCUT2D eigenvalue weighted by atomic mass is 10.0. The predicted octanol–water partition coefficient (Wildman–Crippen LogP) is 23.9. The highest BCUT2D eigenvalue weighted by atomic mass is 31.2. The summed E-state index contributed by atoms with van der Waals surface area (Å²) in [5.41, 5.74) is 0. The molecule has 0 aliphatic rings. The second kappa shape index (κ2) is 71.7. The molecule has 99 heavy (non-hydrogen) atoms. The fraction of sp³-hybridized carbons (Fsp3) is 0.950. The minimum atomic E-state index is -4.96. The van der Waals surface area contributed by atoms with Gasteiger partial charge in [-0.25, -0.2) is 9.13 Å². The quantitative estimate of drug-likeness (QED) is 0.0222. The fourth-order valence-electron chi connectivity index (χ4n) is 12.4. The number of hydrogen-bond acceptors (Lipinski definition) is 15. The molecule has 588 valence electrons. The van der Waals surface area contributed by atoms with E-state index in [2.05, 4.69) is 41.5 Å². The molecule has 0 aromatic heterocycles. The van der Waals surface area contributed by atoms with E-state index < -0.39 is 97.5 Å². The van der Waals surface area contributed by atoms with E-state index in [1.54, 1.807) is 0 Å². The van der Waals surface area contributed by atoms with Gasteiger partial charge < -0.3 is 33.8 Å². The second-order valence-corrected chi connectivity index (χ2v) is 32.7. The van der Waals surface area contributed by atoms with Gasteiger partial charge in [0.2, 0.25) is 0 Å². The van der Waals surface area contributed by atoms with E-state index >= 15 is 0 Å². The molecule has 0 radical (unpaired) electrons. The first-order valence-corrected chi connectivity index (χ1v) is 44.5. The van der Waals surface area contributed by atoms with Gasteiger partial charge in [0.15, 0.2) is 12.2 Å². The third-order valence-corrected chi connectivity index (χ3v) is 20.6. The normalized spacial score (nSPS) is 13.9. The van der Waals surface area contributed by atoms with Gasteiger partial charge in [-0.3, -0.25) is 37.3 Å². The van der Waals surface area contributed by atoms with Gasteiger partial charge in [-0.15, -0.1) is 0 Å². The van der Waals surface area contributed by atoms with E-state index in [-0.39, 0.29) is 25.7 Å². The highest BCUT2D eigenvalue weighted by Crippen LogP contribution is 2.45. The maximum Gasteiger partial charge on any atom is 0.472 e. The molecule has 0 fully saturated rings. The molecule has 0 saturated heterocycles. The van der Waals surface area contributed by atoms with Gasteiger partial charge in [0.25, 0.3) is 0 Å². The smallest absolute Gasteiger partial charge is 0.462 e. The number of aliphatic hydroxyl groups is 1. The number of esters is 4. The summed E-state index contributed by atoms with van der Waals surface area (Å²) >= 11 is 0. The Morgan fingerprint density at radius 3 is 0.687 bits per heavy atom. The lowest BCUT2D eigenvalue weighted by Crippen LogP contribution is -2.30. The van der Waals surface area contributed by atoms with Gasteiger partial charge in [0.1, 0.15) is 19.3 Å². The molecule has 0 heterocycles. The van der Waals surface area contributed by atoms with Crippen LogP contribution in [-0.2, 0) is 65.4 Å². The minimum Gasteiger partial charge on any atom is -0.462 e. The zero-order valence-corrected chi connectivity index (χ0v) is 66.6. The van der Waals surface area contributed by atoms with Crippen molar-refractivity contribution in [3.05, 3.63) is 0 Å². The molecule has 19 heteroatoms. The van der Waals surface area contributed by atoms with Crippen molar-refractivity contribution in [3.63, 3.8) is 0 Å². The Kier molecular flexibility index (Phi) is 70.3. The van der Waals surface area contributed by atoms with Crippen molar-refractivity contribution in [1.82, 2.24) is 0 Å². The zero-order valence-electron chi connectivity index (χ0n) is 64.8. The lowest BCUT2D eigenvalue weighted by molar-refractivity contribution is -0.161. The van der Waals surface area contributed by atoms with Crippen LogP contribution in [0.4, 0.5) is 0 Å². The molecule has 0 aromatic rings. The van der Waals surface area contributed by atoms with E-state index in [9.17, 15) is 43.2 Å². The Balaban J connectivity index is 5.23. The van der Waals surface area contributed by atoms with Crippen molar-refractivity contribution in [2.75, 3.05) is 39.6 Å². The number of rotatable bonds is 79. The van der Waals surface area contributed by atoms with Crippen molar-refractivity contribution in [2.45, 2.75) is 439 Å². The highest BCUT2D eigenvalue weighted by Gasteiger charge is 2.30. The van der Waals surface area contributed by atoms with Crippen molar-refractivity contribution in [3.8, 4) is 0 Å². The topological polar surface area (TPSA) is 237 Å². The Morgan fingerprint density at radius 1 is 0.273 bits per heavy atom. The summed E-state index contributed by atoms with van der Waals surface area (Å²) in [7, 11) is -9.92. The molecule has 0 bridgehead atoms. The average molecular weight is 1450 g/mol. The zero-order chi connectivity index (χ0) is 72.8. The van der Waals surface area contributed by atoms with Crippen LogP contribution < -0.4 is 0 Å². The predicted molar refractivity (Wildman–Crippen MR) is 405 cm³/mol. The summed E-state index contributed by atoms with van der Waals surface area (Å²) in [6.07, 6.45) is 61.1. The van der Waals surface area contributed by atoms with Crippen molar-refractivity contribution < 1.29 is 80.2 Å². The van der Waals surface area contributed by atoms with Crippen molar-refractivity contribution >= 4 is 39.5 Å². The molecule has 0 aliphatic carbocycles. The summed E-state index contributed by atoms with van der Waals surface area (Å²) in [4.78, 5) is 73.0.